The van der Waals surface area contributed by atoms with Crippen LogP contribution in [0.2, 0.25) is 0 Å². The van der Waals surface area contributed by atoms with Crippen LogP contribution >= 0.6 is 0 Å². The third kappa shape index (κ3) is 5.66. The molecule has 1 saturated heterocycles. The van der Waals surface area contributed by atoms with Crippen molar-refractivity contribution >= 4 is 0 Å². The van der Waals surface area contributed by atoms with Gasteiger partial charge in [0.1, 0.15) is 39.3 Å². The number of nitrogens with one attached hydrogen (secondary N) is 2. The number of quaternary nitrogens is 2. The van der Waals surface area contributed by atoms with Crippen LogP contribution in [0.3, 0.4) is 0 Å². The average molecular weight is 326 g/mol. The SMILES string of the molecule is COc1ccc(C[NH+]2CC[NH+](CCOCCO)CC2)cc1OC. The molecule has 0 unspecified atom stereocenters. The first kappa shape index (κ1) is 18.0. The molecule has 1 aliphatic rings. The summed E-state index contributed by atoms with van der Waals surface area (Å²) in [4.78, 5) is 3.20. The zero-order valence-corrected chi connectivity index (χ0v) is 14.3. The van der Waals surface area contributed by atoms with E-state index in [0.717, 1.165) is 31.2 Å². The first-order valence-electron chi connectivity index (χ1n) is 8.33. The molecular weight excluding hydrogens is 296 g/mol. The second kappa shape index (κ2) is 9.72. The molecule has 0 bridgehead atoms. The van der Waals surface area contributed by atoms with Crippen molar-refractivity contribution in [1.82, 2.24) is 0 Å². The molecule has 0 radical (unpaired) electrons. The summed E-state index contributed by atoms with van der Waals surface area (Å²) in [5, 5.41) is 8.70. The summed E-state index contributed by atoms with van der Waals surface area (Å²) in [6, 6.07) is 6.18. The number of ether oxygens (including phenoxy) is 3. The molecule has 1 aromatic carbocycles. The maximum Gasteiger partial charge on any atom is 0.161 e. The fourth-order valence-corrected chi connectivity index (χ4v) is 3.05. The number of hydrogen-bond donors (Lipinski definition) is 3. The number of aliphatic hydroxyl groups is 1. The van der Waals surface area contributed by atoms with Crippen molar-refractivity contribution in [2.45, 2.75) is 6.54 Å². The van der Waals surface area contributed by atoms with Crippen molar-refractivity contribution in [3.63, 3.8) is 0 Å². The lowest BCUT2D eigenvalue weighted by molar-refractivity contribution is -1.02. The van der Waals surface area contributed by atoms with Crippen LogP contribution in [0, 0.1) is 0 Å². The van der Waals surface area contributed by atoms with Crippen LogP contribution in [-0.2, 0) is 11.3 Å². The highest BCUT2D eigenvalue weighted by molar-refractivity contribution is 5.42. The van der Waals surface area contributed by atoms with E-state index in [1.807, 2.05) is 6.07 Å². The van der Waals surface area contributed by atoms with Gasteiger partial charge in [-0.2, -0.15) is 0 Å². The number of methoxy groups -OCH3 is 2. The Kier molecular flexibility index (Phi) is 7.61. The van der Waals surface area contributed by atoms with E-state index < -0.39 is 0 Å². The van der Waals surface area contributed by atoms with Crippen LogP contribution < -0.4 is 19.3 Å². The maximum absolute atomic E-state index is 8.70. The van der Waals surface area contributed by atoms with Gasteiger partial charge in [0.05, 0.1) is 34.0 Å². The van der Waals surface area contributed by atoms with E-state index in [4.69, 9.17) is 19.3 Å². The maximum atomic E-state index is 8.70. The van der Waals surface area contributed by atoms with Crippen molar-refractivity contribution in [3.8, 4) is 11.5 Å². The van der Waals surface area contributed by atoms with Crippen molar-refractivity contribution in [3.05, 3.63) is 23.8 Å². The first-order chi connectivity index (χ1) is 11.3. The van der Waals surface area contributed by atoms with E-state index in [1.165, 1.54) is 31.7 Å². The third-order valence-electron chi connectivity index (χ3n) is 4.40. The normalized spacial score (nSPS) is 21.2. The lowest BCUT2D eigenvalue weighted by Gasteiger charge is -2.29. The lowest BCUT2D eigenvalue weighted by atomic mass is 10.1. The molecule has 6 nitrogen and oxygen atoms in total. The van der Waals surface area contributed by atoms with Gasteiger partial charge in [-0.3, -0.25) is 0 Å². The fraction of sp³-hybridized carbons (Fsp3) is 0.647. The van der Waals surface area contributed by atoms with E-state index in [9.17, 15) is 0 Å². The molecule has 0 aromatic heterocycles. The molecule has 1 heterocycles. The third-order valence-corrected chi connectivity index (χ3v) is 4.40. The van der Waals surface area contributed by atoms with Gasteiger partial charge in [-0.25, -0.2) is 0 Å². The molecule has 2 rings (SSSR count). The van der Waals surface area contributed by atoms with Gasteiger partial charge in [-0.1, -0.05) is 0 Å². The Morgan fingerprint density at radius 1 is 0.957 bits per heavy atom. The number of aliphatic hydroxyl groups excluding tert-OH is 1. The molecule has 0 amide bonds. The van der Waals surface area contributed by atoms with Crippen molar-refractivity contribution in [1.29, 1.82) is 0 Å². The Morgan fingerprint density at radius 2 is 1.65 bits per heavy atom. The van der Waals surface area contributed by atoms with E-state index in [1.54, 1.807) is 24.0 Å². The summed E-state index contributed by atoms with van der Waals surface area (Å²) in [6.45, 7) is 8.03. The van der Waals surface area contributed by atoms with Gasteiger partial charge >= 0.3 is 0 Å². The summed E-state index contributed by atoms with van der Waals surface area (Å²) in [6.07, 6.45) is 0. The standard InChI is InChI=1S/C17H28N2O4/c1-21-16-4-3-15(13-17(16)22-2)14-19-7-5-18(6-8-19)9-11-23-12-10-20/h3-4,13,20H,5-12,14H2,1-2H3/p+2. The van der Waals surface area contributed by atoms with Crippen LogP contribution in [0.15, 0.2) is 18.2 Å². The number of rotatable bonds is 9. The molecular formula is C17H30N2O4+2. The molecule has 6 heteroatoms. The van der Waals surface area contributed by atoms with E-state index >= 15 is 0 Å². The van der Waals surface area contributed by atoms with Crippen LogP contribution in [-0.4, -0.2) is 71.9 Å². The number of hydrogen-bond acceptors (Lipinski definition) is 4. The number of piperazine rings is 1. The minimum atomic E-state index is 0.110. The van der Waals surface area contributed by atoms with E-state index in [-0.39, 0.29) is 6.61 Å². The van der Waals surface area contributed by atoms with E-state index in [0.29, 0.717) is 6.61 Å². The molecule has 0 aliphatic carbocycles. The minimum Gasteiger partial charge on any atom is -0.493 e. The van der Waals surface area contributed by atoms with Gasteiger partial charge in [0.15, 0.2) is 11.5 Å². The molecule has 0 saturated carbocycles. The molecule has 3 N–H and O–H groups in total. The number of benzene rings is 1. The Balaban J connectivity index is 1.75. The highest BCUT2D eigenvalue weighted by Crippen LogP contribution is 2.27. The largest absolute Gasteiger partial charge is 0.493 e. The summed E-state index contributed by atoms with van der Waals surface area (Å²) in [7, 11) is 3.34. The zero-order chi connectivity index (χ0) is 16.5. The first-order valence-corrected chi connectivity index (χ1v) is 8.33. The van der Waals surface area contributed by atoms with Gasteiger partial charge in [0.2, 0.25) is 0 Å². The van der Waals surface area contributed by atoms with E-state index in [2.05, 4.69) is 12.1 Å². The fourth-order valence-electron chi connectivity index (χ4n) is 3.05. The highest BCUT2D eigenvalue weighted by Gasteiger charge is 2.23. The van der Waals surface area contributed by atoms with Gasteiger partial charge in [-0.15, -0.1) is 0 Å². The van der Waals surface area contributed by atoms with Crippen molar-refractivity contribution in [2.24, 2.45) is 0 Å². The predicted octanol–water partition coefficient (Wildman–Crippen LogP) is -2.00. The summed E-state index contributed by atoms with van der Waals surface area (Å²) < 4.78 is 16.0. The molecule has 1 aromatic rings. The second-order valence-electron chi connectivity index (χ2n) is 5.95. The molecule has 0 atom stereocenters. The molecule has 130 valence electrons. The molecule has 1 fully saturated rings. The minimum absolute atomic E-state index is 0.110. The smallest absolute Gasteiger partial charge is 0.161 e. The van der Waals surface area contributed by atoms with Crippen LogP contribution in [0.25, 0.3) is 0 Å². The monoisotopic (exact) mass is 326 g/mol. The average Bonchev–Trinajstić information content (AvgIpc) is 2.60. The van der Waals surface area contributed by atoms with Crippen molar-refractivity contribution < 1.29 is 29.1 Å². The van der Waals surface area contributed by atoms with Crippen molar-refractivity contribution in [2.75, 3.05) is 66.8 Å². The summed E-state index contributed by atoms with van der Waals surface area (Å²) >= 11 is 0. The molecule has 23 heavy (non-hydrogen) atoms. The Morgan fingerprint density at radius 3 is 2.30 bits per heavy atom. The van der Waals surface area contributed by atoms with Gasteiger partial charge in [-0.05, 0) is 18.2 Å². The highest BCUT2D eigenvalue weighted by atomic mass is 16.5. The Hall–Kier alpha value is -1.34. The Bertz CT molecular complexity index is 462. The molecule has 0 spiro atoms. The second-order valence-corrected chi connectivity index (χ2v) is 5.95. The summed E-state index contributed by atoms with van der Waals surface area (Å²) in [5.74, 6) is 1.58. The topological polar surface area (TPSA) is 56.8 Å². The Labute approximate surface area is 138 Å². The lowest BCUT2D eigenvalue weighted by Crippen LogP contribution is -3.27. The zero-order valence-electron chi connectivity index (χ0n) is 14.3. The van der Waals surface area contributed by atoms with Gasteiger partial charge < -0.3 is 29.1 Å². The molecule has 1 aliphatic heterocycles. The van der Waals surface area contributed by atoms with Crippen LogP contribution in [0.1, 0.15) is 5.56 Å². The quantitative estimate of drug-likeness (QED) is 0.459. The van der Waals surface area contributed by atoms with Crippen LogP contribution in [0.4, 0.5) is 0 Å². The summed E-state index contributed by atoms with van der Waals surface area (Å²) in [5.41, 5.74) is 1.28. The van der Waals surface area contributed by atoms with Gasteiger partial charge in [0, 0.05) is 5.56 Å². The predicted molar refractivity (Wildman–Crippen MR) is 87.4 cm³/mol. The van der Waals surface area contributed by atoms with Gasteiger partial charge in [0.25, 0.3) is 0 Å². The van der Waals surface area contributed by atoms with Crippen LogP contribution in [0.5, 0.6) is 11.5 Å².